The van der Waals surface area contributed by atoms with Gasteiger partial charge in [0.2, 0.25) is 5.90 Å². The van der Waals surface area contributed by atoms with Crippen LogP contribution >= 0.6 is 0 Å². The van der Waals surface area contributed by atoms with Crippen molar-refractivity contribution in [1.29, 1.82) is 0 Å². The van der Waals surface area contributed by atoms with Gasteiger partial charge in [-0.2, -0.15) is 0 Å². The maximum absolute atomic E-state index is 5.95. The second kappa shape index (κ2) is 8.38. The molecule has 0 aliphatic carbocycles. The van der Waals surface area contributed by atoms with E-state index in [0.29, 0.717) is 5.90 Å². The zero-order chi connectivity index (χ0) is 15.8. The third kappa shape index (κ3) is 4.73. The second-order valence-corrected chi connectivity index (χ2v) is 5.68. The minimum Gasteiger partial charge on any atom is -0.475 e. The third-order valence-electron chi connectivity index (χ3n) is 3.38. The van der Waals surface area contributed by atoms with Crippen LogP contribution in [0.2, 0.25) is 0 Å². The molecular weight excluding hydrogens is 270 g/mol. The van der Waals surface area contributed by atoms with E-state index in [1.165, 1.54) is 18.4 Å². The lowest BCUT2D eigenvalue weighted by atomic mass is 10.1. The Bertz CT molecular complexity index is 602. The van der Waals surface area contributed by atoms with E-state index < -0.39 is 0 Å². The van der Waals surface area contributed by atoms with Crippen molar-refractivity contribution < 1.29 is 4.74 Å². The van der Waals surface area contributed by atoms with Crippen molar-refractivity contribution in [1.82, 2.24) is 0 Å². The lowest BCUT2D eigenvalue weighted by Gasteiger charge is -2.14. The first-order chi connectivity index (χ1) is 10.7. The lowest BCUT2D eigenvalue weighted by molar-refractivity contribution is 0.229. The number of rotatable bonds is 6. The number of benzene rings is 2. The Kier molecular flexibility index (Phi) is 6.20. The molecule has 116 valence electrons. The van der Waals surface area contributed by atoms with Crippen molar-refractivity contribution in [3.63, 3.8) is 0 Å². The quantitative estimate of drug-likeness (QED) is 0.507. The SMILES string of the molecule is CCCCc1ccccc1N=C(OC(C)C)c1ccccc1. The fourth-order valence-electron chi connectivity index (χ4n) is 2.27. The van der Waals surface area contributed by atoms with Gasteiger partial charge < -0.3 is 4.74 Å². The minimum absolute atomic E-state index is 0.0989. The van der Waals surface area contributed by atoms with E-state index in [1.807, 2.05) is 50.2 Å². The monoisotopic (exact) mass is 295 g/mol. The van der Waals surface area contributed by atoms with E-state index in [1.54, 1.807) is 0 Å². The highest BCUT2D eigenvalue weighted by atomic mass is 16.5. The summed E-state index contributed by atoms with van der Waals surface area (Å²) in [6.07, 6.45) is 3.52. The molecule has 22 heavy (non-hydrogen) atoms. The molecule has 0 saturated heterocycles. The molecule has 0 heterocycles. The topological polar surface area (TPSA) is 21.6 Å². The summed E-state index contributed by atoms with van der Waals surface area (Å²) >= 11 is 0. The maximum atomic E-state index is 5.95. The molecule has 0 atom stereocenters. The molecule has 0 saturated carbocycles. The summed E-state index contributed by atoms with van der Waals surface area (Å²) < 4.78 is 5.95. The number of hydrogen-bond acceptors (Lipinski definition) is 2. The number of ether oxygens (including phenoxy) is 1. The van der Waals surface area contributed by atoms with E-state index in [0.717, 1.165) is 17.7 Å². The molecule has 0 aliphatic heterocycles. The summed E-state index contributed by atoms with van der Waals surface area (Å²) in [5, 5.41) is 0. The summed E-state index contributed by atoms with van der Waals surface area (Å²) in [5.41, 5.74) is 3.31. The first kappa shape index (κ1) is 16.3. The zero-order valence-electron chi connectivity index (χ0n) is 13.8. The molecule has 2 heteroatoms. The van der Waals surface area contributed by atoms with Gasteiger partial charge in [-0.1, -0.05) is 49.7 Å². The summed E-state index contributed by atoms with van der Waals surface area (Å²) in [5.74, 6) is 0.694. The van der Waals surface area contributed by atoms with Crippen LogP contribution in [0.15, 0.2) is 59.6 Å². The molecule has 2 nitrogen and oxygen atoms in total. The number of aryl methyl sites for hydroxylation is 1. The first-order valence-corrected chi connectivity index (χ1v) is 8.09. The Hall–Kier alpha value is -2.09. The van der Waals surface area contributed by atoms with Crippen molar-refractivity contribution in [2.45, 2.75) is 46.1 Å². The van der Waals surface area contributed by atoms with Gasteiger partial charge in [-0.3, -0.25) is 0 Å². The number of unbranched alkanes of at least 4 members (excludes halogenated alkanes) is 1. The van der Waals surface area contributed by atoms with Crippen LogP contribution in [0, 0.1) is 0 Å². The Morgan fingerprint density at radius 2 is 1.68 bits per heavy atom. The van der Waals surface area contributed by atoms with Crippen LogP contribution in [0.5, 0.6) is 0 Å². The second-order valence-electron chi connectivity index (χ2n) is 5.68. The van der Waals surface area contributed by atoms with Crippen LogP contribution in [-0.4, -0.2) is 12.0 Å². The molecule has 0 spiro atoms. The van der Waals surface area contributed by atoms with Crippen molar-refractivity contribution in [2.24, 2.45) is 4.99 Å². The van der Waals surface area contributed by atoms with Crippen LogP contribution in [-0.2, 0) is 11.2 Å². The Balaban J connectivity index is 2.37. The highest BCUT2D eigenvalue weighted by Gasteiger charge is 2.09. The normalized spacial score (nSPS) is 11.7. The fraction of sp³-hybridized carbons (Fsp3) is 0.350. The van der Waals surface area contributed by atoms with Crippen LogP contribution in [0.1, 0.15) is 44.7 Å². The van der Waals surface area contributed by atoms with E-state index >= 15 is 0 Å². The Morgan fingerprint density at radius 1 is 1.00 bits per heavy atom. The van der Waals surface area contributed by atoms with Gasteiger partial charge in [-0.05, 0) is 50.5 Å². The summed E-state index contributed by atoms with van der Waals surface area (Å²) in [7, 11) is 0. The van der Waals surface area contributed by atoms with Crippen molar-refractivity contribution in [3.05, 3.63) is 65.7 Å². The Morgan fingerprint density at radius 3 is 2.36 bits per heavy atom. The summed E-state index contributed by atoms with van der Waals surface area (Å²) in [6, 6.07) is 18.4. The molecule has 0 aliphatic rings. The van der Waals surface area contributed by atoms with E-state index in [4.69, 9.17) is 9.73 Å². The van der Waals surface area contributed by atoms with Crippen LogP contribution in [0.4, 0.5) is 5.69 Å². The number of hydrogen-bond donors (Lipinski definition) is 0. The summed E-state index contributed by atoms with van der Waals surface area (Å²) in [4.78, 5) is 4.82. The molecule has 0 bridgehead atoms. The molecule has 0 N–H and O–H groups in total. The number of para-hydroxylation sites is 1. The van der Waals surface area contributed by atoms with Crippen LogP contribution in [0.3, 0.4) is 0 Å². The van der Waals surface area contributed by atoms with E-state index in [9.17, 15) is 0 Å². The van der Waals surface area contributed by atoms with E-state index in [-0.39, 0.29) is 6.10 Å². The average molecular weight is 295 g/mol. The van der Waals surface area contributed by atoms with Gasteiger partial charge >= 0.3 is 0 Å². The van der Waals surface area contributed by atoms with Gasteiger partial charge in [0.05, 0.1) is 11.8 Å². The first-order valence-electron chi connectivity index (χ1n) is 8.09. The molecule has 0 unspecified atom stereocenters. The van der Waals surface area contributed by atoms with Gasteiger partial charge in [0.15, 0.2) is 0 Å². The lowest BCUT2D eigenvalue weighted by Crippen LogP contribution is -2.12. The zero-order valence-corrected chi connectivity index (χ0v) is 13.8. The molecule has 0 aromatic heterocycles. The van der Waals surface area contributed by atoms with Gasteiger partial charge in [0.1, 0.15) is 0 Å². The van der Waals surface area contributed by atoms with Crippen LogP contribution in [0.25, 0.3) is 0 Å². The number of aliphatic imine (C=N–C) groups is 1. The molecular formula is C20H25NO. The van der Waals surface area contributed by atoms with Crippen molar-refractivity contribution in [2.75, 3.05) is 0 Å². The predicted molar refractivity (Wildman–Crippen MR) is 93.9 cm³/mol. The highest BCUT2D eigenvalue weighted by Crippen LogP contribution is 2.22. The molecule has 0 radical (unpaired) electrons. The highest BCUT2D eigenvalue weighted by molar-refractivity contribution is 5.96. The molecule has 2 aromatic rings. The van der Waals surface area contributed by atoms with Crippen LogP contribution < -0.4 is 0 Å². The van der Waals surface area contributed by atoms with Gasteiger partial charge in [-0.15, -0.1) is 0 Å². The van der Waals surface area contributed by atoms with Gasteiger partial charge in [-0.25, -0.2) is 4.99 Å². The maximum Gasteiger partial charge on any atom is 0.221 e. The number of nitrogens with zero attached hydrogens (tertiary/aromatic N) is 1. The van der Waals surface area contributed by atoms with Gasteiger partial charge in [0.25, 0.3) is 0 Å². The average Bonchev–Trinajstić information content (AvgIpc) is 2.54. The third-order valence-corrected chi connectivity index (χ3v) is 3.38. The minimum atomic E-state index is 0.0989. The predicted octanol–water partition coefficient (Wildman–Crippen LogP) is 5.53. The summed E-state index contributed by atoms with van der Waals surface area (Å²) in [6.45, 7) is 6.27. The molecule has 2 aromatic carbocycles. The van der Waals surface area contributed by atoms with Gasteiger partial charge in [0, 0.05) is 5.56 Å². The Labute approximate surface area is 133 Å². The largest absolute Gasteiger partial charge is 0.475 e. The standard InChI is InChI=1S/C20H25NO/c1-4-5-11-17-12-9-10-15-19(17)21-20(22-16(2)3)18-13-7-6-8-14-18/h6-10,12-16H,4-5,11H2,1-3H3. The van der Waals surface area contributed by atoms with E-state index in [2.05, 4.69) is 25.1 Å². The molecule has 0 fully saturated rings. The molecule has 0 amide bonds. The smallest absolute Gasteiger partial charge is 0.221 e. The molecule has 2 rings (SSSR count). The fourth-order valence-corrected chi connectivity index (χ4v) is 2.27. The van der Waals surface area contributed by atoms with Crippen molar-refractivity contribution >= 4 is 11.6 Å². The van der Waals surface area contributed by atoms with Crippen molar-refractivity contribution in [3.8, 4) is 0 Å².